The minimum atomic E-state index is -0.331. The van der Waals surface area contributed by atoms with Gasteiger partial charge in [0.15, 0.2) is 0 Å². The van der Waals surface area contributed by atoms with Gasteiger partial charge in [-0.25, -0.2) is 0 Å². The van der Waals surface area contributed by atoms with Crippen LogP contribution in [-0.2, 0) is 11.3 Å². The number of amides is 3. The number of carbonyl (C=O) groups is 3. The Kier molecular flexibility index (Phi) is 6.66. The summed E-state index contributed by atoms with van der Waals surface area (Å²) in [7, 11) is 0. The van der Waals surface area contributed by atoms with Crippen molar-refractivity contribution in [1.82, 2.24) is 4.90 Å². The van der Waals surface area contributed by atoms with Crippen molar-refractivity contribution in [2.45, 2.75) is 19.4 Å². The standard InChI is InChI=1S/C25H22BrN3O3/c26-21-11-3-1-9-19(21)24(31)28-22-12-4-2-10-20(22)25(32)27-18-8-5-7-17(15-18)16-29-14-6-13-23(29)30/h1-5,7-12,15H,6,13-14,16H2,(H,27,32)(H,28,31). The predicted octanol–water partition coefficient (Wildman–Crippen LogP) is 5.08. The largest absolute Gasteiger partial charge is 0.338 e. The van der Waals surface area contributed by atoms with E-state index in [0.717, 1.165) is 18.5 Å². The molecule has 0 spiro atoms. The predicted molar refractivity (Wildman–Crippen MR) is 128 cm³/mol. The third-order valence-electron chi connectivity index (χ3n) is 5.27. The van der Waals surface area contributed by atoms with Gasteiger partial charge in [0.2, 0.25) is 5.91 Å². The van der Waals surface area contributed by atoms with Crippen LogP contribution >= 0.6 is 15.9 Å². The minimum absolute atomic E-state index is 0.161. The van der Waals surface area contributed by atoms with E-state index in [4.69, 9.17) is 0 Å². The number of benzene rings is 3. The molecule has 3 aromatic rings. The number of hydrogen-bond donors (Lipinski definition) is 2. The molecule has 162 valence electrons. The van der Waals surface area contributed by atoms with Gasteiger partial charge < -0.3 is 15.5 Å². The van der Waals surface area contributed by atoms with Crippen LogP contribution in [0.4, 0.5) is 11.4 Å². The molecule has 0 bridgehead atoms. The molecule has 7 heteroatoms. The van der Waals surface area contributed by atoms with E-state index >= 15 is 0 Å². The molecule has 1 fully saturated rings. The van der Waals surface area contributed by atoms with E-state index in [-0.39, 0.29) is 17.7 Å². The van der Waals surface area contributed by atoms with E-state index in [1.54, 1.807) is 48.5 Å². The van der Waals surface area contributed by atoms with Crippen molar-refractivity contribution in [1.29, 1.82) is 0 Å². The smallest absolute Gasteiger partial charge is 0.257 e. The number of para-hydroxylation sites is 1. The molecule has 1 aliphatic rings. The van der Waals surface area contributed by atoms with Crippen LogP contribution in [0.5, 0.6) is 0 Å². The fraction of sp³-hybridized carbons (Fsp3) is 0.160. The van der Waals surface area contributed by atoms with Crippen LogP contribution in [0.25, 0.3) is 0 Å². The Bertz CT molecular complexity index is 1180. The summed E-state index contributed by atoms with van der Waals surface area (Å²) in [5.41, 5.74) is 2.84. The van der Waals surface area contributed by atoms with Gasteiger partial charge in [-0.15, -0.1) is 0 Å². The third kappa shape index (κ3) is 5.06. The van der Waals surface area contributed by atoms with Gasteiger partial charge in [-0.2, -0.15) is 0 Å². The first-order valence-electron chi connectivity index (χ1n) is 10.3. The van der Waals surface area contributed by atoms with Crippen LogP contribution in [0.3, 0.4) is 0 Å². The van der Waals surface area contributed by atoms with Crippen molar-refractivity contribution in [3.63, 3.8) is 0 Å². The van der Waals surface area contributed by atoms with Gasteiger partial charge in [0.25, 0.3) is 11.8 Å². The molecule has 1 aliphatic heterocycles. The minimum Gasteiger partial charge on any atom is -0.338 e. The monoisotopic (exact) mass is 491 g/mol. The Balaban J connectivity index is 1.48. The molecule has 2 N–H and O–H groups in total. The second-order valence-electron chi connectivity index (χ2n) is 7.55. The number of anilines is 2. The summed E-state index contributed by atoms with van der Waals surface area (Å²) in [4.78, 5) is 39.4. The summed E-state index contributed by atoms with van der Waals surface area (Å²) in [5, 5.41) is 5.72. The average molecular weight is 492 g/mol. The van der Waals surface area contributed by atoms with Crippen LogP contribution < -0.4 is 10.6 Å². The zero-order chi connectivity index (χ0) is 22.5. The van der Waals surface area contributed by atoms with E-state index in [2.05, 4.69) is 26.6 Å². The van der Waals surface area contributed by atoms with Crippen molar-refractivity contribution < 1.29 is 14.4 Å². The summed E-state index contributed by atoms with van der Waals surface area (Å²) in [6.07, 6.45) is 1.48. The number of carbonyl (C=O) groups excluding carboxylic acids is 3. The van der Waals surface area contributed by atoms with Gasteiger partial charge in [-0.1, -0.05) is 36.4 Å². The maximum Gasteiger partial charge on any atom is 0.257 e. The first kappa shape index (κ1) is 21.8. The molecule has 1 saturated heterocycles. The van der Waals surface area contributed by atoms with E-state index in [9.17, 15) is 14.4 Å². The van der Waals surface area contributed by atoms with Crippen molar-refractivity contribution in [2.24, 2.45) is 0 Å². The van der Waals surface area contributed by atoms with Crippen LogP contribution in [0.15, 0.2) is 77.3 Å². The van der Waals surface area contributed by atoms with Gasteiger partial charge in [-0.05, 0) is 64.3 Å². The molecular formula is C25H22BrN3O3. The zero-order valence-corrected chi connectivity index (χ0v) is 18.9. The zero-order valence-electron chi connectivity index (χ0n) is 17.3. The Morgan fingerprint density at radius 1 is 0.875 bits per heavy atom. The van der Waals surface area contributed by atoms with Crippen molar-refractivity contribution >= 4 is 45.0 Å². The number of rotatable bonds is 6. The molecule has 0 unspecified atom stereocenters. The molecule has 0 aliphatic carbocycles. The van der Waals surface area contributed by atoms with Crippen molar-refractivity contribution in [3.8, 4) is 0 Å². The van der Waals surface area contributed by atoms with E-state index in [1.807, 2.05) is 29.2 Å². The summed E-state index contributed by atoms with van der Waals surface area (Å²) in [6, 6.07) is 21.4. The normalized spacial score (nSPS) is 13.2. The summed E-state index contributed by atoms with van der Waals surface area (Å²) < 4.78 is 0.674. The molecule has 32 heavy (non-hydrogen) atoms. The fourth-order valence-electron chi connectivity index (χ4n) is 3.66. The number of nitrogens with one attached hydrogen (secondary N) is 2. The molecule has 0 radical (unpaired) electrons. The molecule has 4 rings (SSSR count). The highest BCUT2D eigenvalue weighted by Gasteiger charge is 2.20. The van der Waals surface area contributed by atoms with Gasteiger partial charge >= 0.3 is 0 Å². The van der Waals surface area contributed by atoms with E-state index in [0.29, 0.717) is 39.9 Å². The molecule has 1 heterocycles. The lowest BCUT2D eigenvalue weighted by Gasteiger charge is -2.16. The average Bonchev–Trinajstić information content (AvgIpc) is 3.19. The van der Waals surface area contributed by atoms with Crippen LogP contribution in [-0.4, -0.2) is 29.2 Å². The lowest BCUT2D eigenvalue weighted by atomic mass is 10.1. The SMILES string of the molecule is O=C(Nc1ccccc1C(=O)Nc1cccc(CN2CCCC2=O)c1)c1ccccc1Br. The second kappa shape index (κ2) is 9.78. The van der Waals surface area contributed by atoms with Gasteiger partial charge in [-0.3, -0.25) is 14.4 Å². The molecule has 0 atom stereocenters. The first-order valence-corrected chi connectivity index (χ1v) is 11.1. The van der Waals surface area contributed by atoms with Gasteiger partial charge in [0.05, 0.1) is 16.8 Å². The molecule has 3 aromatic carbocycles. The van der Waals surface area contributed by atoms with Gasteiger partial charge in [0, 0.05) is 29.7 Å². The lowest BCUT2D eigenvalue weighted by molar-refractivity contribution is -0.128. The Hall–Kier alpha value is -3.45. The third-order valence-corrected chi connectivity index (χ3v) is 5.96. The summed E-state index contributed by atoms with van der Waals surface area (Å²) >= 11 is 3.38. The van der Waals surface area contributed by atoms with Crippen LogP contribution in [0, 0.1) is 0 Å². The first-order chi connectivity index (χ1) is 15.5. The Labute approximate surface area is 194 Å². The van der Waals surface area contributed by atoms with E-state index in [1.165, 1.54) is 0 Å². The Morgan fingerprint density at radius 2 is 1.59 bits per heavy atom. The molecule has 0 aromatic heterocycles. The van der Waals surface area contributed by atoms with Crippen molar-refractivity contribution in [2.75, 3.05) is 17.2 Å². The fourth-order valence-corrected chi connectivity index (χ4v) is 4.13. The second-order valence-corrected chi connectivity index (χ2v) is 8.41. The molecular weight excluding hydrogens is 470 g/mol. The summed E-state index contributed by atoms with van der Waals surface area (Å²) in [5.74, 6) is -0.480. The van der Waals surface area contributed by atoms with Crippen LogP contribution in [0.1, 0.15) is 39.1 Å². The topological polar surface area (TPSA) is 78.5 Å². The highest BCUT2D eigenvalue weighted by molar-refractivity contribution is 9.10. The molecule has 6 nitrogen and oxygen atoms in total. The van der Waals surface area contributed by atoms with Gasteiger partial charge in [0.1, 0.15) is 0 Å². The highest BCUT2D eigenvalue weighted by Crippen LogP contribution is 2.22. The molecule has 0 saturated carbocycles. The van der Waals surface area contributed by atoms with E-state index < -0.39 is 0 Å². The van der Waals surface area contributed by atoms with Crippen LogP contribution in [0.2, 0.25) is 0 Å². The number of hydrogen-bond acceptors (Lipinski definition) is 3. The molecule has 3 amide bonds. The quantitative estimate of drug-likeness (QED) is 0.504. The summed E-state index contributed by atoms with van der Waals surface area (Å²) in [6.45, 7) is 1.29. The number of likely N-dealkylation sites (tertiary alicyclic amines) is 1. The highest BCUT2D eigenvalue weighted by atomic mass is 79.9. The Morgan fingerprint density at radius 3 is 2.34 bits per heavy atom. The maximum absolute atomic E-state index is 13.0. The lowest BCUT2D eigenvalue weighted by Crippen LogP contribution is -2.24. The number of halogens is 1. The number of nitrogens with zero attached hydrogens (tertiary/aromatic N) is 1. The maximum atomic E-state index is 13.0. The van der Waals surface area contributed by atoms with Crippen molar-refractivity contribution in [3.05, 3.63) is 94.0 Å².